The van der Waals surface area contributed by atoms with E-state index in [1.54, 1.807) is 0 Å². The summed E-state index contributed by atoms with van der Waals surface area (Å²) in [4.78, 5) is 10.6. The highest BCUT2D eigenvalue weighted by molar-refractivity contribution is 8.05. The Morgan fingerprint density at radius 2 is 0.683 bits per heavy atom. The van der Waals surface area contributed by atoms with Gasteiger partial charge in [0, 0.05) is 39.2 Å². The average molecular weight is 599 g/mol. The third-order valence-electron chi connectivity index (χ3n) is 7.09. The van der Waals surface area contributed by atoms with Crippen molar-refractivity contribution in [2.45, 2.75) is 39.2 Å². The van der Waals surface area contributed by atoms with E-state index in [1.165, 1.54) is 61.4 Å². The van der Waals surface area contributed by atoms with Gasteiger partial charge in [0.05, 0.1) is 0 Å². The Bertz CT molecular complexity index is 1770. The summed E-state index contributed by atoms with van der Waals surface area (Å²) in [5.41, 5.74) is 4.91. The standard InChI is InChI=1S/C36H22OS4/c1-3-11-31-29(9-1)38-33-13-5-7-27(35(33)40-31)23-15-19-25(20-16-23)37-26-21-17-24(18-22-26)28-8-6-14-34-36(28)41-32-12-4-2-10-30(32)39-34/h1-22H. The molecule has 0 unspecified atom stereocenters. The van der Waals surface area contributed by atoms with E-state index in [0.29, 0.717) is 0 Å². The van der Waals surface area contributed by atoms with E-state index < -0.39 is 0 Å². The minimum atomic E-state index is 0.833. The Hall–Kier alpha value is -3.48. The van der Waals surface area contributed by atoms with Crippen LogP contribution in [0.15, 0.2) is 173 Å². The number of hydrogen-bond acceptors (Lipinski definition) is 5. The fraction of sp³-hybridized carbons (Fsp3) is 0. The molecule has 2 aliphatic heterocycles. The predicted octanol–water partition coefficient (Wildman–Crippen LogP) is 12.0. The fourth-order valence-corrected chi connectivity index (χ4v) is 9.90. The molecule has 0 bridgehead atoms. The SMILES string of the molecule is c1ccc2c(c1)Sc1cccc(-c3ccc(Oc4ccc(-c5cccc6c5Sc5ccccc5S6)cc4)cc3)c1S2. The van der Waals surface area contributed by atoms with E-state index in [4.69, 9.17) is 4.74 Å². The number of hydrogen-bond donors (Lipinski definition) is 0. The van der Waals surface area contributed by atoms with Crippen molar-refractivity contribution >= 4 is 47.0 Å². The molecule has 0 saturated carbocycles. The van der Waals surface area contributed by atoms with Crippen LogP contribution >= 0.6 is 47.0 Å². The number of ether oxygens (including phenoxy) is 1. The van der Waals surface area contributed by atoms with Crippen molar-refractivity contribution in [3.8, 4) is 33.8 Å². The molecular formula is C36H22OS4. The van der Waals surface area contributed by atoms with Crippen molar-refractivity contribution in [3.05, 3.63) is 133 Å². The molecule has 0 aliphatic carbocycles. The van der Waals surface area contributed by atoms with Crippen LogP contribution in [-0.2, 0) is 0 Å². The van der Waals surface area contributed by atoms with Gasteiger partial charge in [-0.15, -0.1) is 0 Å². The summed E-state index contributed by atoms with van der Waals surface area (Å²) < 4.78 is 6.26. The minimum absolute atomic E-state index is 0.833. The zero-order valence-electron chi connectivity index (χ0n) is 21.7. The molecule has 0 amide bonds. The van der Waals surface area contributed by atoms with Crippen LogP contribution in [0.25, 0.3) is 22.3 Å². The van der Waals surface area contributed by atoms with Gasteiger partial charge in [0.2, 0.25) is 0 Å². The molecule has 5 heteroatoms. The molecule has 0 N–H and O–H groups in total. The van der Waals surface area contributed by atoms with Gasteiger partial charge in [-0.3, -0.25) is 0 Å². The normalized spacial score (nSPS) is 13.0. The Morgan fingerprint density at radius 1 is 0.317 bits per heavy atom. The lowest BCUT2D eigenvalue weighted by atomic mass is 10.1. The third-order valence-corrected chi connectivity index (χ3v) is 12.3. The average Bonchev–Trinajstić information content (AvgIpc) is 3.03. The fourth-order valence-electron chi connectivity index (χ4n) is 5.09. The van der Waals surface area contributed by atoms with E-state index in [-0.39, 0.29) is 0 Å². The summed E-state index contributed by atoms with van der Waals surface area (Å²) in [6.07, 6.45) is 0. The molecular weight excluding hydrogens is 577 g/mol. The predicted molar refractivity (Wildman–Crippen MR) is 173 cm³/mol. The molecule has 0 atom stereocenters. The highest BCUT2D eigenvalue weighted by Crippen LogP contribution is 2.53. The molecule has 6 aromatic rings. The van der Waals surface area contributed by atoms with Crippen LogP contribution in [-0.4, -0.2) is 0 Å². The summed E-state index contributed by atoms with van der Waals surface area (Å²) in [7, 11) is 0. The largest absolute Gasteiger partial charge is 0.457 e. The van der Waals surface area contributed by atoms with Crippen molar-refractivity contribution in [2.75, 3.05) is 0 Å². The lowest BCUT2D eigenvalue weighted by Gasteiger charge is -2.21. The second kappa shape index (κ2) is 10.7. The van der Waals surface area contributed by atoms with Gasteiger partial charge >= 0.3 is 0 Å². The van der Waals surface area contributed by atoms with Crippen LogP contribution in [0.4, 0.5) is 0 Å². The van der Waals surface area contributed by atoms with Crippen LogP contribution in [0.3, 0.4) is 0 Å². The summed E-state index contributed by atoms with van der Waals surface area (Å²) >= 11 is 7.43. The maximum absolute atomic E-state index is 6.26. The van der Waals surface area contributed by atoms with E-state index in [1.807, 2.05) is 47.0 Å². The maximum Gasteiger partial charge on any atom is 0.127 e. The van der Waals surface area contributed by atoms with Gasteiger partial charge in [-0.05, 0) is 82.9 Å². The van der Waals surface area contributed by atoms with E-state index in [0.717, 1.165) is 11.5 Å². The second-order valence-electron chi connectivity index (χ2n) is 9.72. The highest BCUT2D eigenvalue weighted by atomic mass is 32.2. The molecule has 1 nitrogen and oxygen atoms in total. The first-order valence-corrected chi connectivity index (χ1v) is 16.6. The molecule has 2 heterocycles. The topological polar surface area (TPSA) is 9.23 Å². The smallest absolute Gasteiger partial charge is 0.127 e. The molecule has 6 aromatic carbocycles. The quantitative estimate of drug-likeness (QED) is 0.199. The van der Waals surface area contributed by atoms with Crippen molar-refractivity contribution in [2.24, 2.45) is 0 Å². The van der Waals surface area contributed by atoms with E-state index >= 15 is 0 Å². The molecule has 0 fully saturated rings. The van der Waals surface area contributed by atoms with Crippen LogP contribution in [0.5, 0.6) is 11.5 Å². The highest BCUT2D eigenvalue weighted by Gasteiger charge is 2.21. The zero-order valence-corrected chi connectivity index (χ0v) is 25.0. The van der Waals surface area contributed by atoms with Crippen LogP contribution in [0.2, 0.25) is 0 Å². The van der Waals surface area contributed by atoms with Crippen molar-refractivity contribution in [1.82, 2.24) is 0 Å². The Kier molecular flexibility index (Phi) is 6.61. The van der Waals surface area contributed by atoms with E-state index in [2.05, 4.69) is 133 Å². The van der Waals surface area contributed by atoms with Crippen molar-refractivity contribution in [3.63, 3.8) is 0 Å². The molecule has 2 aliphatic rings. The number of fused-ring (bicyclic) bond motifs is 4. The van der Waals surface area contributed by atoms with Gasteiger partial charge in [-0.2, -0.15) is 0 Å². The lowest BCUT2D eigenvalue weighted by Crippen LogP contribution is -1.93. The summed E-state index contributed by atoms with van der Waals surface area (Å²) in [6, 6.07) is 47.3. The first-order valence-electron chi connectivity index (χ1n) is 13.3. The number of benzene rings is 6. The minimum Gasteiger partial charge on any atom is -0.457 e. The third kappa shape index (κ3) is 4.87. The van der Waals surface area contributed by atoms with Gasteiger partial charge in [0.25, 0.3) is 0 Å². The van der Waals surface area contributed by atoms with Crippen LogP contribution in [0, 0.1) is 0 Å². The molecule has 41 heavy (non-hydrogen) atoms. The molecule has 196 valence electrons. The summed E-state index contributed by atoms with van der Waals surface area (Å²) in [5, 5.41) is 0. The first kappa shape index (κ1) is 25.2. The van der Waals surface area contributed by atoms with Crippen molar-refractivity contribution in [1.29, 1.82) is 0 Å². The van der Waals surface area contributed by atoms with Crippen LogP contribution in [0.1, 0.15) is 0 Å². The monoisotopic (exact) mass is 598 g/mol. The molecule has 0 radical (unpaired) electrons. The van der Waals surface area contributed by atoms with Crippen LogP contribution < -0.4 is 4.74 Å². The molecule has 0 saturated heterocycles. The van der Waals surface area contributed by atoms with Gasteiger partial charge in [0.15, 0.2) is 0 Å². The summed E-state index contributed by atoms with van der Waals surface area (Å²) in [5.74, 6) is 1.67. The Labute approximate surface area is 256 Å². The summed E-state index contributed by atoms with van der Waals surface area (Å²) in [6.45, 7) is 0. The van der Waals surface area contributed by atoms with Crippen molar-refractivity contribution < 1.29 is 4.74 Å². The molecule has 8 rings (SSSR count). The van der Waals surface area contributed by atoms with E-state index in [9.17, 15) is 0 Å². The Balaban J connectivity index is 1.01. The molecule has 0 spiro atoms. The lowest BCUT2D eigenvalue weighted by molar-refractivity contribution is 0.483. The second-order valence-corrected chi connectivity index (χ2v) is 14.0. The van der Waals surface area contributed by atoms with Gasteiger partial charge in [-0.25, -0.2) is 0 Å². The van der Waals surface area contributed by atoms with Gasteiger partial charge in [-0.1, -0.05) is 120 Å². The maximum atomic E-state index is 6.26. The molecule has 0 aromatic heterocycles. The Morgan fingerprint density at radius 3 is 1.10 bits per heavy atom. The number of rotatable bonds is 4. The zero-order chi connectivity index (χ0) is 27.2. The first-order chi connectivity index (χ1) is 20.3. The van der Waals surface area contributed by atoms with Gasteiger partial charge < -0.3 is 4.74 Å². The van der Waals surface area contributed by atoms with Gasteiger partial charge in [0.1, 0.15) is 11.5 Å².